The van der Waals surface area contributed by atoms with Crippen LogP contribution in [0.1, 0.15) is 6.42 Å². The summed E-state index contributed by atoms with van der Waals surface area (Å²) in [5.74, 6) is 0. The lowest BCUT2D eigenvalue weighted by Crippen LogP contribution is -2.09. The van der Waals surface area contributed by atoms with Gasteiger partial charge in [0.25, 0.3) is 0 Å². The quantitative estimate of drug-likeness (QED) is 0.565. The van der Waals surface area contributed by atoms with Crippen LogP contribution in [0.2, 0.25) is 0 Å². The van der Waals surface area contributed by atoms with Gasteiger partial charge < -0.3 is 15.8 Å². The highest BCUT2D eigenvalue weighted by molar-refractivity contribution is 4.94. The van der Waals surface area contributed by atoms with Crippen molar-refractivity contribution >= 4 is 0 Å². The fourth-order valence-corrected chi connectivity index (χ4v) is 0.504. The maximum atomic E-state index is 5.24. The largest absolute Gasteiger partial charge is 0.403 e. The first-order valence-electron chi connectivity index (χ1n) is 2.92. The third kappa shape index (κ3) is 3.85. The number of methoxy groups -OCH3 is 1. The molecule has 0 saturated heterocycles. The van der Waals surface area contributed by atoms with Crippen LogP contribution in [-0.2, 0) is 4.74 Å². The van der Waals surface area contributed by atoms with Gasteiger partial charge in [0.05, 0.1) is 6.61 Å². The van der Waals surface area contributed by atoms with Gasteiger partial charge in [0.1, 0.15) is 0 Å². The first-order chi connectivity index (χ1) is 4.35. The van der Waals surface area contributed by atoms with Crippen LogP contribution in [0.15, 0.2) is 11.9 Å². The zero-order valence-electron chi connectivity index (χ0n) is 5.98. The summed E-state index contributed by atoms with van der Waals surface area (Å²) < 4.78 is 4.84. The molecule has 0 spiro atoms. The summed E-state index contributed by atoms with van der Waals surface area (Å²) in [6, 6.07) is 0. The van der Waals surface area contributed by atoms with Gasteiger partial charge in [-0.1, -0.05) is 0 Å². The zero-order chi connectivity index (χ0) is 7.11. The Morgan fingerprint density at radius 3 is 2.78 bits per heavy atom. The Kier molecular flexibility index (Phi) is 5.01. The first-order valence-corrected chi connectivity index (χ1v) is 2.92. The molecule has 0 fully saturated rings. The summed E-state index contributed by atoms with van der Waals surface area (Å²) in [6.07, 6.45) is 2.41. The van der Waals surface area contributed by atoms with Crippen molar-refractivity contribution in [3.8, 4) is 0 Å². The van der Waals surface area contributed by atoms with E-state index in [-0.39, 0.29) is 0 Å². The Hall–Kier alpha value is -0.700. The minimum atomic E-state index is 0.712. The Bertz CT molecular complexity index is 91.1. The van der Waals surface area contributed by atoms with E-state index in [0.29, 0.717) is 6.61 Å². The molecule has 0 saturated carbocycles. The van der Waals surface area contributed by atoms with Crippen molar-refractivity contribution in [1.82, 2.24) is 5.32 Å². The molecule has 0 aromatic heterocycles. The van der Waals surface area contributed by atoms with E-state index in [1.807, 2.05) is 7.05 Å². The molecule has 9 heavy (non-hydrogen) atoms. The molecule has 0 aromatic rings. The van der Waals surface area contributed by atoms with Gasteiger partial charge in [-0.3, -0.25) is 0 Å². The zero-order valence-corrected chi connectivity index (χ0v) is 5.98. The van der Waals surface area contributed by atoms with Crippen LogP contribution in [0.4, 0.5) is 0 Å². The predicted molar refractivity (Wildman–Crippen MR) is 37.8 cm³/mol. The lowest BCUT2D eigenvalue weighted by molar-refractivity contribution is 0.201. The average Bonchev–Trinajstić information content (AvgIpc) is 1.91. The maximum Gasteiger partial charge on any atom is 0.0517 e. The van der Waals surface area contributed by atoms with Crippen molar-refractivity contribution in [1.29, 1.82) is 0 Å². The van der Waals surface area contributed by atoms with Gasteiger partial charge in [0.2, 0.25) is 0 Å². The van der Waals surface area contributed by atoms with Crippen molar-refractivity contribution < 1.29 is 4.74 Å². The number of hydrogen-bond donors (Lipinski definition) is 2. The maximum absolute atomic E-state index is 5.24. The van der Waals surface area contributed by atoms with E-state index in [1.54, 1.807) is 13.3 Å². The van der Waals surface area contributed by atoms with E-state index in [1.165, 1.54) is 0 Å². The molecule has 0 aliphatic rings. The molecule has 3 heteroatoms. The molecule has 0 unspecified atom stereocenters. The Labute approximate surface area is 55.9 Å². The summed E-state index contributed by atoms with van der Waals surface area (Å²) in [5.41, 5.74) is 6.25. The number of ether oxygens (including phenoxy) is 1. The minimum Gasteiger partial charge on any atom is -0.403 e. The van der Waals surface area contributed by atoms with Gasteiger partial charge in [-0.15, -0.1) is 0 Å². The SMILES string of the molecule is CN/C(=C\N)CCOC. The van der Waals surface area contributed by atoms with Crippen LogP contribution >= 0.6 is 0 Å². The third-order valence-electron chi connectivity index (χ3n) is 1.10. The smallest absolute Gasteiger partial charge is 0.0517 e. The normalized spacial score (nSPS) is 11.6. The van der Waals surface area contributed by atoms with Crippen LogP contribution < -0.4 is 11.1 Å². The van der Waals surface area contributed by atoms with E-state index in [0.717, 1.165) is 12.1 Å². The molecule has 0 heterocycles. The molecule has 0 rings (SSSR count). The van der Waals surface area contributed by atoms with E-state index < -0.39 is 0 Å². The number of rotatable bonds is 4. The molecule has 0 bridgehead atoms. The lowest BCUT2D eigenvalue weighted by atomic mass is 10.3. The highest BCUT2D eigenvalue weighted by Gasteiger charge is 1.89. The second-order valence-corrected chi connectivity index (χ2v) is 1.68. The van der Waals surface area contributed by atoms with Crippen LogP contribution in [0.5, 0.6) is 0 Å². The standard InChI is InChI=1S/C6H14N2O/c1-8-6(5-7)3-4-9-2/h5,8H,3-4,7H2,1-2H3/b6-5-. The monoisotopic (exact) mass is 130 g/mol. The number of nitrogens with one attached hydrogen (secondary N) is 1. The fraction of sp³-hybridized carbons (Fsp3) is 0.667. The molecule has 0 aromatic carbocycles. The number of nitrogens with two attached hydrogens (primary N) is 1. The van der Waals surface area contributed by atoms with Crippen molar-refractivity contribution in [3.05, 3.63) is 11.9 Å². The Balaban J connectivity index is 3.33. The van der Waals surface area contributed by atoms with Gasteiger partial charge in [0.15, 0.2) is 0 Å². The van der Waals surface area contributed by atoms with Gasteiger partial charge in [0, 0.05) is 32.5 Å². The fourth-order valence-electron chi connectivity index (χ4n) is 0.504. The average molecular weight is 130 g/mol. The van der Waals surface area contributed by atoms with Crippen molar-refractivity contribution in [2.75, 3.05) is 20.8 Å². The predicted octanol–water partition coefficient (Wildman–Crippen LogP) is 0.0424. The van der Waals surface area contributed by atoms with Crippen LogP contribution in [0.3, 0.4) is 0 Å². The second-order valence-electron chi connectivity index (χ2n) is 1.68. The number of hydrogen-bond acceptors (Lipinski definition) is 3. The van der Waals surface area contributed by atoms with Gasteiger partial charge in [-0.2, -0.15) is 0 Å². The Morgan fingerprint density at radius 1 is 1.78 bits per heavy atom. The molecule has 54 valence electrons. The van der Waals surface area contributed by atoms with Crippen molar-refractivity contribution in [2.24, 2.45) is 5.73 Å². The van der Waals surface area contributed by atoms with Crippen LogP contribution in [0, 0.1) is 0 Å². The molecule has 3 N–H and O–H groups in total. The summed E-state index contributed by atoms with van der Waals surface area (Å²) >= 11 is 0. The Morgan fingerprint density at radius 2 is 2.44 bits per heavy atom. The molecule has 0 amide bonds. The van der Waals surface area contributed by atoms with E-state index in [9.17, 15) is 0 Å². The van der Waals surface area contributed by atoms with Crippen molar-refractivity contribution in [3.63, 3.8) is 0 Å². The van der Waals surface area contributed by atoms with Crippen molar-refractivity contribution in [2.45, 2.75) is 6.42 Å². The summed E-state index contributed by atoms with van der Waals surface area (Å²) in [5, 5.41) is 2.94. The van der Waals surface area contributed by atoms with E-state index in [4.69, 9.17) is 10.5 Å². The van der Waals surface area contributed by atoms with Crippen LogP contribution in [0.25, 0.3) is 0 Å². The molecule has 0 atom stereocenters. The van der Waals surface area contributed by atoms with Gasteiger partial charge >= 0.3 is 0 Å². The first kappa shape index (κ1) is 8.30. The minimum absolute atomic E-state index is 0.712. The van der Waals surface area contributed by atoms with Crippen LogP contribution in [-0.4, -0.2) is 20.8 Å². The van der Waals surface area contributed by atoms with E-state index >= 15 is 0 Å². The van der Waals surface area contributed by atoms with Gasteiger partial charge in [-0.05, 0) is 0 Å². The molecule has 0 aliphatic carbocycles. The molecule has 3 nitrogen and oxygen atoms in total. The molecular weight excluding hydrogens is 116 g/mol. The summed E-state index contributed by atoms with van der Waals surface area (Å²) in [4.78, 5) is 0. The molecular formula is C6H14N2O. The molecule has 0 aliphatic heterocycles. The van der Waals surface area contributed by atoms with E-state index in [2.05, 4.69) is 5.32 Å². The highest BCUT2D eigenvalue weighted by atomic mass is 16.5. The summed E-state index contributed by atoms with van der Waals surface area (Å²) in [6.45, 7) is 0.712. The highest BCUT2D eigenvalue weighted by Crippen LogP contribution is 1.91. The second kappa shape index (κ2) is 5.44. The van der Waals surface area contributed by atoms with Gasteiger partial charge in [-0.25, -0.2) is 0 Å². The topological polar surface area (TPSA) is 47.3 Å². The summed E-state index contributed by atoms with van der Waals surface area (Å²) in [7, 11) is 3.51. The lowest BCUT2D eigenvalue weighted by Gasteiger charge is -2.02. The third-order valence-corrected chi connectivity index (χ3v) is 1.10. The molecule has 0 radical (unpaired) electrons.